The molecule has 0 atom stereocenters. The van der Waals surface area contributed by atoms with Crippen LogP contribution < -0.4 is 0 Å². The quantitative estimate of drug-likeness (QED) is 0.848. The molecule has 0 aromatic carbocycles. The molecule has 0 saturated carbocycles. The van der Waals surface area contributed by atoms with E-state index in [4.69, 9.17) is 0 Å². The van der Waals surface area contributed by atoms with Crippen LogP contribution in [0.4, 0.5) is 0 Å². The Morgan fingerprint density at radius 3 is 2.30 bits per heavy atom. The standard InChI is InChI=1S/C17H21N3O2S/c1-13-15(4-8-18(13)2)17(22)20-7-3-6-19(9-10-20)16(21)14-5-11-23-12-14/h4-5,8,11-12H,3,6-7,9-10H2,1-2H3. The zero-order valence-corrected chi connectivity index (χ0v) is 14.3. The number of amides is 2. The molecule has 23 heavy (non-hydrogen) atoms. The lowest BCUT2D eigenvalue weighted by atomic mass is 10.2. The molecule has 0 radical (unpaired) electrons. The van der Waals surface area contributed by atoms with Gasteiger partial charge in [0.25, 0.3) is 11.8 Å². The molecule has 1 aliphatic rings. The maximum atomic E-state index is 12.7. The molecular formula is C17H21N3O2S. The van der Waals surface area contributed by atoms with E-state index in [9.17, 15) is 9.59 Å². The van der Waals surface area contributed by atoms with Crippen molar-refractivity contribution in [2.45, 2.75) is 13.3 Å². The van der Waals surface area contributed by atoms with Crippen molar-refractivity contribution in [2.75, 3.05) is 26.2 Å². The molecule has 0 spiro atoms. The number of thiophene rings is 1. The second kappa shape index (κ2) is 6.58. The van der Waals surface area contributed by atoms with Crippen molar-refractivity contribution in [2.24, 2.45) is 7.05 Å². The van der Waals surface area contributed by atoms with Gasteiger partial charge in [0, 0.05) is 50.5 Å². The molecule has 2 aromatic rings. The highest BCUT2D eigenvalue weighted by atomic mass is 32.1. The van der Waals surface area contributed by atoms with E-state index >= 15 is 0 Å². The molecule has 122 valence electrons. The van der Waals surface area contributed by atoms with Gasteiger partial charge in [-0.2, -0.15) is 11.3 Å². The van der Waals surface area contributed by atoms with Gasteiger partial charge in [0.1, 0.15) is 0 Å². The summed E-state index contributed by atoms with van der Waals surface area (Å²) in [6.07, 6.45) is 2.72. The first-order chi connectivity index (χ1) is 11.1. The number of hydrogen-bond donors (Lipinski definition) is 0. The smallest absolute Gasteiger partial charge is 0.255 e. The fourth-order valence-electron chi connectivity index (χ4n) is 2.90. The van der Waals surface area contributed by atoms with Crippen molar-refractivity contribution >= 4 is 23.2 Å². The fourth-order valence-corrected chi connectivity index (χ4v) is 3.53. The number of aromatic nitrogens is 1. The zero-order valence-electron chi connectivity index (χ0n) is 13.5. The normalized spacial score (nSPS) is 15.6. The van der Waals surface area contributed by atoms with Crippen molar-refractivity contribution in [1.29, 1.82) is 0 Å². The average Bonchev–Trinajstić information content (AvgIpc) is 3.11. The van der Waals surface area contributed by atoms with E-state index in [-0.39, 0.29) is 11.8 Å². The fraction of sp³-hybridized carbons (Fsp3) is 0.412. The zero-order chi connectivity index (χ0) is 16.4. The molecule has 1 fully saturated rings. The van der Waals surface area contributed by atoms with Gasteiger partial charge in [0.15, 0.2) is 0 Å². The SMILES string of the molecule is Cc1c(C(=O)N2CCCN(C(=O)c3ccsc3)CC2)ccn1C. The largest absolute Gasteiger partial charge is 0.354 e. The van der Waals surface area contributed by atoms with Crippen LogP contribution in [0.15, 0.2) is 29.1 Å². The van der Waals surface area contributed by atoms with Crippen LogP contribution in [0.3, 0.4) is 0 Å². The van der Waals surface area contributed by atoms with Crippen LogP contribution >= 0.6 is 11.3 Å². The van der Waals surface area contributed by atoms with E-state index in [1.54, 1.807) is 0 Å². The Morgan fingerprint density at radius 2 is 1.74 bits per heavy atom. The summed E-state index contributed by atoms with van der Waals surface area (Å²) < 4.78 is 1.96. The molecule has 0 N–H and O–H groups in total. The lowest BCUT2D eigenvalue weighted by molar-refractivity contribution is 0.0718. The van der Waals surface area contributed by atoms with Crippen LogP contribution in [-0.4, -0.2) is 52.4 Å². The number of carbonyl (C=O) groups is 2. The Morgan fingerprint density at radius 1 is 1.04 bits per heavy atom. The highest BCUT2D eigenvalue weighted by Gasteiger charge is 2.24. The third-order valence-electron chi connectivity index (χ3n) is 4.45. The van der Waals surface area contributed by atoms with Gasteiger partial charge in [-0.3, -0.25) is 9.59 Å². The minimum atomic E-state index is 0.0629. The summed E-state index contributed by atoms with van der Waals surface area (Å²) in [5, 5.41) is 3.79. The van der Waals surface area contributed by atoms with E-state index in [1.165, 1.54) is 11.3 Å². The summed E-state index contributed by atoms with van der Waals surface area (Å²) in [7, 11) is 1.94. The molecule has 1 saturated heterocycles. The lowest BCUT2D eigenvalue weighted by Crippen LogP contribution is -2.37. The first-order valence-corrected chi connectivity index (χ1v) is 8.75. The maximum Gasteiger partial charge on any atom is 0.255 e. The summed E-state index contributed by atoms with van der Waals surface area (Å²) in [6.45, 7) is 4.53. The Labute approximate surface area is 140 Å². The predicted octanol–water partition coefficient (Wildman–Crippen LogP) is 2.38. The van der Waals surface area contributed by atoms with Crippen molar-refractivity contribution in [1.82, 2.24) is 14.4 Å². The lowest BCUT2D eigenvalue weighted by Gasteiger charge is -2.22. The maximum absolute atomic E-state index is 12.7. The Bertz CT molecular complexity index is 706. The second-order valence-electron chi connectivity index (χ2n) is 5.88. The minimum absolute atomic E-state index is 0.0629. The molecule has 2 amide bonds. The number of aryl methyl sites for hydroxylation is 1. The molecule has 0 bridgehead atoms. The van der Waals surface area contributed by atoms with Crippen LogP contribution in [0.2, 0.25) is 0 Å². The van der Waals surface area contributed by atoms with E-state index < -0.39 is 0 Å². The van der Waals surface area contributed by atoms with E-state index in [1.807, 2.05) is 57.4 Å². The van der Waals surface area contributed by atoms with Gasteiger partial charge < -0.3 is 14.4 Å². The first-order valence-electron chi connectivity index (χ1n) is 7.80. The topological polar surface area (TPSA) is 45.6 Å². The monoisotopic (exact) mass is 331 g/mol. The van der Waals surface area contributed by atoms with Gasteiger partial charge in [-0.05, 0) is 30.9 Å². The molecule has 1 aliphatic heterocycles. The number of hydrogen-bond acceptors (Lipinski definition) is 3. The van der Waals surface area contributed by atoms with Crippen molar-refractivity contribution in [3.05, 3.63) is 45.9 Å². The highest BCUT2D eigenvalue weighted by molar-refractivity contribution is 7.08. The third-order valence-corrected chi connectivity index (χ3v) is 5.14. The van der Waals surface area contributed by atoms with Gasteiger partial charge in [-0.1, -0.05) is 0 Å². The summed E-state index contributed by atoms with van der Waals surface area (Å²) in [5.74, 6) is 0.129. The average molecular weight is 331 g/mol. The summed E-state index contributed by atoms with van der Waals surface area (Å²) in [4.78, 5) is 28.9. The van der Waals surface area contributed by atoms with Gasteiger partial charge in [-0.15, -0.1) is 0 Å². The molecule has 5 nitrogen and oxygen atoms in total. The third kappa shape index (κ3) is 3.17. The van der Waals surface area contributed by atoms with Crippen molar-refractivity contribution in [3.8, 4) is 0 Å². The molecule has 6 heteroatoms. The molecular weight excluding hydrogens is 310 g/mol. The van der Waals surface area contributed by atoms with Gasteiger partial charge in [-0.25, -0.2) is 0 Å². The molecule has 0 aliphatic carbocycles. The Kier molecular flexibility index (Phi) is 4.52. The van der Waals surface area contributed by atoms with E-state index in [0.29, 0.717) is 26.2 Å². The summed E-state index contributed by atoms with van der Waals surface area (Å²) >= 11 is 1.53. The summed E-state index contributed by atoms with van der Waals surface area (Å²) in [5.41, 5.74) is 2.48. The van der Waals surface area contributed by atoms with Crippen molar-refractivity contribution in [3.63, 3.8) is 0 Å². The summed E-state index contributed by atoms with van der Waals surface area (Å²) in [6, 6.07) is 3.73. The highest BCUT2D eigenvalue weighted by Crippen LogP contribution is 2.16. The van der Waals surface area contributed by atoms with Gasteiger partial charge in [0.05, 0.1) is 11.1 Å². The van der Waals surface area contributed by atoms with Crippen LogP contribution in [0.25, 0.3) is 0 Å². The van der Waals surface area contributed by atoms with Crippen LogP contribution in [-0.2, 0) is 7.05 Å². The first kappa shape index (κ1) is 15.8. The Hall–Kier alpha value is -2.08. The molecule has 2 aromatic heterocycles. The van der Waals surface area contributed by atoms with Gasteiger partial charge in [0.2, 0.25) is 0 Å². The Balaban J connectivity index is 1.68. The number of nitrogens with zero attached hydrogens (tertiary/aromatic N) is 3. The van der Waals surface area contributed by atoms with Crippen LogP contribution in [0.5, 0.6) is 0 Å². The molecule has 3 heterocycles. The molecule has 0 unspecified atom stereocenters. The molecule has 3 rings (SSSR count). The van der Waals surface area contributed by atoms with E-state index in [2.05, 4.69) is 0 Å². The predicted molar refractivity (Wildman–Crippen MR) is 90.9 cm³/mol. The second-order valence-corrected chi connectivity index (χ2v) is 6.66. The minimum Gasteiger partial charge on any atom is -0.354 e. The van der Waals surface area contributed by atoms with Gasteiger partial charge >= 0.3 is 0 Å². The van der Waals surface area contributed by atoms with E-state index in [0.717, 1.165) is 23.2 Å². The number of carbonyl (C=O) groups excluding carboxylic acids is 2. The van der Waals surface area contributed by atoms with Crippen LogP contribution in [0, 0.1) is 6.92 Å². The number of rotatable bonds is 2. The van der Waals surface area contributed by atoms with Crippen molar-refractivity contribution < 1.29 is 9.59 Å². The van der Waals surface area contributed by atoms with Crippen LogP contribution in [0.1, 0.15) is 32.8 Å².